The Balaban J connectivity index is 2.06. The van der Waals surface area contributed by atoms with Gasteiger partial charge in [0.1, 0.15) is 0 Å². The van der Waals surface area contributed by atoms with Crippen LogP contribution in [0.5, 0.6) is 0 Å². The van der Waals surface area contributed by atoms with Crippen LogP contribution in [0.2, 0.25) is 5.15 Å². The van der Waals surface area contributed by atoms with Crippen molar-refractivity contribution in [1.82, 2.24) is 4.98 Å². The summed E-state index contributed by atoms with van der Waals surface area (Å²) in [6.07, 6.45) is 12.1. The van der Waals surface area contributed by atoms with Gasteiger partial charge in [-0.15, -0.1) is 6.58 Å². The van der Waals surface area contributed by atoms with E-state index in [9.17, 15) is 4.79 Å². The Morgan fingerprint density at radius 2 is 1.95 bits per heavy atom. The predicted molar refractivity (Wildman–Crippen MR) is 85.0 cm³/mol. The Hall–Kier alpha value is -1.35. The molecule has 0 bridgehead atoms. The van der Waals surface area contributed by atoms with Crippen LogP contribution >= 0.6 is 11.6 Å². The lowest BCUT2D eigenvalue weighted by Gasteiger charge is -2.06. The van der Waals surface area contributed by atoms with Gasteiger partial charge in [-0.2, -0.15) is 0 Å². The van der Waals surface area contributed by atoms with Gasteiger partial charge in [0.25, 0.3) is 0 Å². The van der Waals surface area contributed by atoms with Crippen LogP contribution in [0.15, 0.2) is 31.0 Å². The molecule has 1 aromatic rings. The smallest absolute Gasteiger partial charge is 0.224 e. The number of anilines is 1. The minimum atomic E-state index is 0.00607. The van der Waals surface area contributed by atoms with E-state index in [2.05, 4.69) is 16.9 Å². The van der Waals surface area contributed by atoms with E-state index in [0.29, 0.717) is 17.3 Å². The first-order valence-corrected chi connectivity index (χ1v) is 7.63. The van der Waals surface area contributed by atoms with E-state index in [1.54, 1.807) is 18.3 Å². The number of hydrogen-bond donors (Lipinski definition) is 1. The molecule has 1 heterocycles. The molecule has 20 heavy (non-hydrogen) atoms. The van der Waals surface area contributed by atoms with Gasteiger partial charge in [-0.3, -0.25) is 4.79 Å². The highest BCUT2D eigenvalue weighted by molar-refractivity contribution is 6.32. The van der Waals surface area contributed by atoms with Crippen LogP contribution in [-0.4, -0.2) is 10.9 Å². The molecule has 1 amide bonds. The molecule has 1 rings (SSSR count). The normalized spacial score (nSPS) is 10.2. The number of pyridine rings is 1. The monoisotopic (exact) mass is 294 g/mol. The van der Waals surface area contributed by atoms with Crippen molar-refractivity contribution in [2.75, 3.05) is 5.32 Å². The second-order valence-electron chi connectivity index (χ2n) is 4.84. The molecule has 1 aromatic heterocycles. The van der Waals surface area contributed by atoms with Gasteiger partial charge in [-0.1, -0.05) is 43.4 Å². The maximum atomic E-state index is 11.7. The third-order valence-electron chi connectivity index (χ3n) is 3.10. The van der Waals surface area contributed by atoms with Crippen LogP contribution in [-0.2, 0) is 4.79 Å². The molecule has 0 aliphatic rings. The van der Waals surface area contributed by atoms with E-state index in [-0.39, 0.29) is 5.91 Å². The number of allylic oxidation sites excluding steroid dienone is 1. The van der Waals surface area contributed by atoms with Gasteiger partial charge in [-0.25, -0.2) is 4.98 Å². The van der Waals surface area contributed by atoms with Gasteiger partial charge in [0.2, 0.25) is 5.91 Å². The summed E-state index contributed by atoms with van der Waals surface area (Å²) in [5.74, 6) is 0.00607. The zero-order valence-electron chi connectivity index (χ0n) is 11.9. The summed E-state index contributed by atoms with van der Waals surface area (Å²) in [4.78, 5) is 15.7. The topological polar surface area (TPSA) is 42.0 Å². The van der Waals surface area contributed by atoms with E-state index in [1.165, 1.54) is 25.7 Å². The fourth-order valence-corrected chi connectivity index (χ4v) is 2.14. The van der Waals surface area contributed by atoms with Crippen molar-refractivity contribution in [3.63, 3.8) is 0 Å². The SMILES string of the molecule is C=CCCCCCCCCC(=O)Nc1cccnc1Cl. The Kier molecular flexibility index (Phi) is 8.72. The van der Waals surface area contributed by atoms with Gasteiger partial charge >= 0.3 is 0 Å². The first-order valence-electron chi connectivity index (χ1n) is 7.25. The fourth-order valence-electron chi connectivity index (χ4n) is 1.97. The molecule has 4 heteroatoms. The Morgan fingerprint density at radius 1 is 1.25 bits per heavy atom. The third kappa shape index (κ3) is 7.29. The molecule has 110 valence electrons. The predicted octanol–water partition coefficient (Wildman–Crippen LogP) is 4.98. The van der Waals surface area contributed by atoms with Crippen molar-refractivity contribution in [2.45, 2.75) is 51.4 Å². The van der Waals surface area contributed by atoms with Gasteiger partial charge < -0.3 is 5.32 Å². The highest BCUT2D eigenvalue weighted by Gasteiger charge is 2.05. The summed E-state index contributed by atoms with van der Waals surface area (Å²) in [5.41, 5.74) is 0.587. The molecular formula is C16H23ClN2O. The zero-order chi connectivity index (χ0) is 14.6. The first-order chi connectivity index (χ1) is 9.74. The summed E-state index contributed by atoms with van der Waals surface area (Å²) >= 11 is 5.88. The summed E-state index contributed by atoms with van der Waals surface area (Å²) in [7, 11) is 0. The minimum absolute atomic E-state index is 0.00607. The van der Waals surface area contributed by atoms with E-state index >= 15 is 0 Å². The summed E-state index contributed by atoms with van der Waals surface area (Å²) in [6.45, 7) is 3.71. The van der Waals surface area contributed by atoms with Crippen LogP contribution in [0.25, 0.3) is 0 Å². The highest BCUT2D eigenvalue weighted by atomic mass is 35.5. The van der Waals surface area contributed by atoms with Crippen LogP contribution in [0.1, 0.15) is 51.4 Å². The Bertz CT molecular complexity index is 421. The lowest BCUT2D eigenvalue weighted by atomic mass is 10.1. The molecule has 0 saturated carbocycles. The Labute approximate surface area is 126 Å². The average Bonchev–Trinajstić information content (AvgIpc) is 2.44. The number of carbonyl (C=O) groups excluding carboxylic acids is 1. The number of nitrogens with one attached hydrogen (secondary N) is 1. The van der Waals surface area contributed by atoms with Gasteiger partial charge in [0.15, 0.2) is 5.15 Å². The Morgan fingerprint density at radius 3 is 2.65 bits per heavy atom. The van der Waals surface area contributed by atoms with Crippen LogP contribution < -0.4 is 5.32 Å². The van der Waals surface area contributed by atoms with Gasteiger partial charge in [0, 0.05) is 12.6 Å². The van der Waals surface area contributed by atoms with Crippen LogP contribution in [0, 0.1) is 0 Å². The molecule has 3 nitrogen and oxygen atoms in total. The highest BCUT2D eigenvalue weighted by Crippen LogP contribution is 2.18. The van der Waals surface area contributed by atoms with Crippen LogP contribution in [0.4, 0.5) is 5.69 Å². The van der Waals surface area contributed by atoms with E-state index < -0.39 is 0 Å². The van der Waals surface area contributed by atoms with Gasteiger partial charge in [0.05, 0.1) is 5.69 Å². The molecule has 0 aromatic carbocycles. The largest absolute Gasteiger partial charge is 0.323 e. The molecular weight excluding hydrogens is 272 g/mol. The zero-order valence-corrected chi connectivity index (χ0v) is 12.7. The second kappa shape index (κ2) is 10.4. The number of aromatic nitrogens is 1. The van der Waals surface area contributed by atoms with E-state index in [1.807, 2.05) is 6.08 Å². The molecule has 1 N–H and O–H groups in total. The standard InChI is InChI=1S/C16H23ClN2O/c1-2-3-4-5-6-7-8-9-12-15(20)19-14-11-10-13-18-16(14)17/h2,10-11,13H,1,3-9,12H2,(H,19,20). The quantitative estimate of drug-likeness (QED) is 0.376. The first kappa shape index (κ1) is 16.7. The molecule has 0 fully saturated rings. The summed E-state index contributed by atoms with van der Waals surface area (Å²) < 4.78 is 0. The number of halogens is 1. The molecule has 0 atom stereocenters. The number of hydrogen-bond acceptors (Lipinski definition) is 2. The molecule has 0 spiro atoms. The molecule has 0 aliphatic carbocycles. The minimum Gasteiger partial charge on any atom is -0.323 e. The van der Waals surface area contributed by atoms with Crippen molar-refractivity contribution in [3.8, 4) is 0 Å². The lowest BCUT2D eigenvalue weighted by molar-refractivity contribution is -0.116. The molecule has 0 unspecified atom stereocenters. The van der Waals surface area contributed by atoms with Crippen LogP contribution in [0.3, 0.4) is 0 Å². The van der Waals surface area contributed by atoms with E-state index in [4.69, 9.17) is 11.6 Å². The molecule has 0 aliphatic heterocycles. The second-order valence-corrected chi connectivity index (χ2v) is 5.20. The third-order valence-corrected chi connectivity index (χ3v) is 3.40. The molecule has 0 saturated heterocycles. The van der Waals surface area contributed by atoms with Crippen molar-refractivity contribution >= 4 is 23.2 Å². The average molecular weight is 295 g/mol. The summed E-state index contributed by atoms with van der Waals surface area (Å²) in [6, 6.07) is 3.51. The number of nitrogens with zero attached hydrogens (tertiary/aromatic N) is 1. The fraction of sp³-hybridized carbons (Fsp3) is 0.500. The maximum absolute atomic E-state index is 11.7. The number of rotatable bonds is 10. The number of carbonyl (C=O) groups is 1. The van der Waals surface area contributed by atoms with Gasteiger partial charge in [-0.05, 0) is 31.4 Å². The van der Waals surface area contributed by atoms with E-state index in [0.717, 1.165) is 19.3 Å². The van der Waals surface area contributed by atoms with Crippen molar-refractivity contribution < 1.29 is 4.79 Å². The molecule has 0 radical (unpaired) electrons. The summed E-state index contributed by atoms with van der Waals surface area (Å²) in [5, 5.41) is 3.12. The van der Waals surface area contributed by atoms with Crippen molar-refractivity contribution in [1.29, 1.82) is 0 Å². The maximum Gasteiger partial charge on any atom is 0.224 e. The van der Waals surface area contributed by atoms with Crippen molar-refractivity contribution in [3.05, 3.63) is 36.1 Å². The van der Waals surface area contributed by atoms with Crippen molar-refractivity contribution in [2.24, 2.45) is 0 Å². The lowest BCUT2D eigenvalue weighted by Crippen LogP contribution is -2.11. The number of amides is 1. The number of unbranched alkanes of at least 4 members (excludes halogenated alkanes) is 6.